The molecule has 0 saturated heterocycles. The van der Waals surface area contributed by atoms with Crippen LogP contribution >= 0.6 is 11.8 Å². The zero-order chi connectivity index (χ0) is 22.5. The SMILES string of the molecule is Cc1ccc(-c2nnc(SCC(=O)N/N=C\c3cccn3C)n2-c2ccc(C)cc2)cc1. The molecule has 8 heteroatoms. The molecule has 7 nitrogen and oxygen atoms in total. The van der Waals surface area contributed by atoms with Crippen molar-refractivity contribution in [1.29, 1.82) is 0 Å². The summed E-state index contributed by atoms with van der Waals surface area (Å²) in [5.74, 6) is 0.692. The number of carbonyl (C=O) groups is 1. The molecule has 4 rings (SSSR count). The number of benzene rings is 2. The van der Waals surface area contributed by atoms with E-state index in [1.54, 1.807) is 6.21 Å². The Labute approximate surface area is 191 Å². The molecule has 0 spiro atoms. The summed E-state index contributed by atoms with van der Waals surface area (Å²) in [4.78, 5) is 12.3. The number of aromatic nitrogens is 4. The van der Waals surface area contributed by atoms with Gasteiger partial charge >= 0.3 is 0 Å². The van der Waals surface area contributed by atoms with Crippen LogP contribution in [0.3, 0.4) is 0 Å². The lowest BCUT2D eigenvalue weighted by Gasteiger charge is -2.11. The molecule has 1 amide bonds. The van der Waals surface area contributed by atoms with Crippen LogP contribution in [-0.4, -0.2) is 37.2 Å². The van der Waals surface area contributed by atoms with Crippen LogP contribution in [0.1, 0.15) is 16.8 Å². The topological polar surface area (TPSA) is 77.1 Å². The fraction of sp³-hybridized carbons (Fsp3) is 0.167. The zero-order valence-electron chi connectivity index (χ0n) is 18.2. The van der Waals surface area contributed by atoms with E-state index in [2.05, 4.69) is 39.8 Å². The van der Waals surface area contributed by atoms with Gasteiger partial charge in [0, 0.05) is 24.5 Å². The molecule has 0 unspecified atom stereocenters. The summed E-state index contributed by atoms with van der Waals surface area (Å²) in [5, 5.41) is 13.5. The fourth-order valence-electron chi connectivity index (χ4n) is 3.12. The van der Waals surface area contributed by atoms with E-state index in [0.717, 1.165) is 22.8 Å². The highest BCUT2D eigenvalue weighted by atomic mass is 32.2. The van der Waals surface area contributed by atoms with Crippen LogP contribution in [0, 0.1) is 13.8 Å². The average molecular weight is 445 g/mol. The summed E-state index contributed by atoms with van der Waals surface area (Å²) in [7, 11) is 1.92. The summed E-state index contributed by atoms with van der Waals surface area (Å²) in [6.45, 7) is 4.10. The number of hydrazone groups is 1. The van der Waals surface area contributed by atoms with Crippen LogP contribution in [-0.2, 0) is 11.8 Å². The third kappa shape index (κ3) is 4.97. The molecule has 2 aromatic carbocycles. The number of carbonyl (C=O) groups excluding carboxylic acids is 1. The normalized spacial score (nSPS) is 11.2. The van der Waals surface area contributed by atoms with Gasteiger partial charge in [-0.05, 0) is 38.1 Å². The molecule has 1 N–H and O–H groups in total. The van der Waals surface area contributed by atoms with Crippen molar-refractivity contribution < 1.29 is 4.79 Å². The summed E-state index contributed by atoms with van der Waals surface area (Å²) < 4.78 is 3.90. The molecule has 0 saturated carbocycles. The molecule has 162 valence electrons. The highest BCUT2D eigenvalue weighted by Crippen LogP contribution is 2.28. The first-order valence-corrected chi connectivity index (χ1v) is 11.2. The molecular formula is C24H24N6OS. The van der Waals surface area contributed by atoms with Crippen molar-refractivity contribution in [2.75, 3.05) is 5.75 Å². The summed E-state index contributed by atoms with van der Waals surface area (Å²) in [6, 6.07) is 20.2. The van der Waals surface area contributed by atoms with Crippen LogP contribution in [0.15, 0.2) is 77.1 Å². The lowest BCUT2D eigenvalue weighted by molar-refractivity contribution is -0.118. The van der Waals surface area contributed by atoms with Gasteiger partial charge in [0.25, 0.3) is 5.91 Å². The third-order valence-corrected chi connectivity index (χ3v) is 5.87. The average Bonchev–Trinajstić information content (AvgIpc) is 3.40. The van der Waals surface area contributed by atoms with Crippen LogP contribution in [0.2, 0.25) is 0 Å². The van der Waals surface area contributed by atoms with Gasteiger partial charge in [0.05, 0.1) is 17.7 Å². The molecule has 0 radical (unpaired) electrons. The van der Waals surface area contributed by atoms with Crippen molar-refractivity contribution in [2.24, 2.45) is 12.1 Å². The van der Waals surface area contributed by atoms with Crippen LogP contribution in [0.4, 0.5) is 0 Å². The quantitative estimate of drug-likeness (QED) is 0.264. The Hall–Kier alpha value is -3.65. The Morgan fingerprint density at radius 2 is 1.72 bits per heavy atom. The molecule has 2 aromatic heterocycles. The molecular weight excluding hydrogens is 420 g/mol. The Bertz CT molecular complexity index is 1240. The number of nitrogens with zero attached hydrogens (tertiary/aromatic N) is 5. The zero-order valence-corrected chi connectivity index (χ0v) is 19.0. The largest absolute Gasteiger partial charge is 0.350 e. The van der Waals surface area contributed by atoms with Crippen molar-refractivity contribution in [2.45, 2.75) is 19.0 Å². The van der Waals surface area contributed by atoms with E-state index >= 15 is 0 Å². The van der Waals surface area contributed by atoms with E-state index < -0.39 is 0 Å². The molecule has 0 bridgehead atoms. The van der Waals surface area contributed by atoms with E-state index in [1.807, 2.05) is 77.8 Å². The molecule has 2 heterocycles. The molecule has 0 atom stereocenters. The van der Waals surface area contributed by atoms with E-state index in [-0.39, 0.29) is 11.7 Å². The molecule has 0 fully saturated rings. The van der Waals surface area contributed by atoms with Gasteiger partial charge in [-0.15, -0.1) is 10.2 Å². The molecule has 32 heavy (non-hydrogen) atoms. The summed E-state index contributed by atoms with van der Waals surface area (Å²) in [5.41, 5.74) is 7.73. The van der Waals surface area contributed by atoms with Crippen molar-refractivity contribution in [3.63, 3.8) is 0 Å². The number of hydrogen-bond donors (Lipinski definition) is 1. The molecule has 4 aromatic rings. The van der Waals surface area contributed by atoms with Crippen LogP contribution in [0.5, 0.6) is 0 Å². The van der Waals surface area contributed by atoms with E-state index in [1.165, 1.54) is 22.9 Å². The van der Waals surface area contributed by atoms with Gasteiger partial charge in [0.15, 0.2) is 11.0 Å². The van der Waals surface area contributed by atoms with Crippen molar-refractivity contribution >= 4 is 23.9 Å². The minimum Gasteiger partial charge on any atom is -0.350 e. The van der Waals surface area contributed by atoms with E-state index in [4.69, 9.17) is 0 Å². The highest BCUT2D eigenvalue weighted by Gasteiger charge is 2.17. The minimum absolute atomic E-state index is 0.169. The maximum Gasteiger partial charge on any atom is 0.250 e. The predicted octanol–water partition coefficient (Wildman–Crippen LogP) is 4.13. The van der Waals surface area contributed by atoms with E-state index in [0.29, 0.717) is 5.16 Å². The maximum atomic E-state index is 12.3. The first kappa shape index (κ1) is 21.6. The van der Waals surface area contributed by atoms with Gasteiger partial charge < -0.3 is 4.57 Å². The standard InChI is InChI=1S/C24H24N6OS/c1-17-6-10-19(11-7-17)23-27-28-24(30(23)20-12-8-18(2)9-13-20)32-16-22(31)26-25-15-21-5-4-14-29(21)3/h4-15H,16H2,1-3H3,(H,26,31)/b25-15-. The minimum atomic E-state index is -0.212. The van der Waals surface area contributed by atoms with Crippen molar-refractivity contribution in [3.05, 3.63) is 83.7 Å². The second-order valence-electron chi connectivity index (χ2n) is 7.47. The number of hydrogen-bond acceptors (Lipinski definition) is 5. The van der Waals surface area contributed by atoms with Crippen LogP contribution < -0.4 is 5.43 Å². The van der Waals surface area contributed by atoms with Gasteiger partial charge in [0.1, 0.15) is 0 Å². The second kappa shape index (κ2) is 9.65. The van der Waals surface area contributed by atoms with Crippen molar-refractivity contribution in [3.8, 4) is 17.1 Å². The molecule has 0 aliphatic heterocycles. The maximum absolute atomic E-state index is 12.3. The number of nitrogens with one attached hydrogen (secondary N) is 1. The molecule has 0 aliphatic rings. The van der Waals surface area contributed by atoms with Crippen LogP contribution in [0.25, 0.3) is 17.1 Å². The first-order chi connectivity index (χ1) is 15.5. The Kier molecular flexibility index (Phi) is 6.51. The fourth-order valence-corrected chi connectivity index (χ4v) is 3.87. The first-order valence-electron chi connectivity index (χ1n) is 10.2. The summed E-state index contributed by atoms with van der Waals surface area (Å²) >= 11 is 1.32. The molecule has 0 aliphatic carbocycles. The van der Waals surface area contributed by atoms with Gasteiger partial charge in [0.2, 0.25) is 0 Å². The predicted molar refractivity (Wildman–Crippen MR) is 128 cm³/mol. The second-order valence-corrected chi connectivity index (χ2v) is 8.41. The smallest absolute Gasteiger partial charge is 0.250 e. The van der Waals surface area contributed by atoms with Gasteiger partial charge in [-0.1, -0.05) is 59.3 Å². The van der Waals surface area contributed by atoms with Crippen molar-refractivity contribution in [1.82, 2.24) is 24.8 Å². The lowest BCUT2D eigenvalue weighted by Crippen LogP contribution is -2.20. The van der Waals surface area contributed by atoms with E-state index in [9.17, 15) is 4.79 Å². The lowest BCUT2D eigenvalue weighted by atomic mass is 10.1. The summed E-state index contributed by atoms with van der Waals surface area (Å²) in [6.07, 6.45) is 3.54. The number of amides is 1. The monoisotopic (exact) mass is 444 g/mol. The Morgan fingerprint density at radius 3 is 2.38 bits per heavy atom. The Morgan fingerprint density at radius 1 is 1.03 bits per heavy atom. The van der Waals surface area contributed by atoms with Gasteiger partial charge in [-0.3, -0.25) is 9.36 Å². The number of aryl methyl sites for hydroxylation is 3. The number of thioether (sulfide) groups is 1. The van der Waals surface area contributed by atoms with Gasteiger partial charge in [-0.2, -0.15) is 5.10 Å². The highest BCUT2D eigenvalue weighted by molar-refractivity contribution is 7.99. The third-order valence-electron chi connectivity index (χ3n) is 4.94. The van der Waals surface area contributed by atoms with Gasteiger partial charge in [-0.25, -0.2) is 5.43 Å². The number of rotatable bonds is 7. The Balaban J connectivity index is 1.53.